The summed E-state index contributed by atoms with van der Waals surface area (Å²) in [6.07, 6.45) is 4.81. The van der Waals surface area contributed by atoms with Gasteiger partial charge in [-0.25, -0.2) is 0 Å². The number of hydrogen-bond donors (Lipinski definition) is 0. The second-order valence-corrected chi connectivity index (χ2v) is 12.2. The maximum absolute atomic E-state index is 2.54. The van der Waals surface area contributed by atoms with Crippen LogP contribution in [0.2, 0.25) is 3.17 Å². The van der Waals surface area contributed by atoms with Gasteiger partial charge in [0, 0.05) is 0 Å². The molecule has 0 N–H and O–H groups in total. The Bertz CT molecular complexity index is 689. The molecule has 107 valence electrons. The predicted molar refractivity (Wildman–Crippen MR) is 89.4 cm³/mol. The van der Waals surface area contributed by atoms with Gasteiger partial charge in [-0.1, -0.05) is 0 Å². The van der Waals surface area contributed by atoms with Crippen LogP contribution in [-0.4, -0.2) is 3.76 Å². The number of rotatable bonds is 2. The Morgan fingerprint density at radius 3 is 2.24 bits per heavy atom. The number of hydrogen-bond acceptors (Lipinski definition) is 0. The van der Waals surface area contributed by atoms with Crippen LogP contribution in [0.3, 0.4) is 0 Å². The number of allylic oxidation sites excluding steroid dienone is 5. The van der Waals surface area contributed by atoms with E-state index in [0.29, 0.717) is 9.09 Å². The molecule has 0 heterocycles. The molecule has 1 aromatic carbocycles. The fourth-order valence-electron chi connectivity index (χ4n) is 4.06. The van der Waals surface area contributed by atoms with E-state index in [1.54, 1.807) is 22.3 Å². The van der Waals surface area contributed by atoms with Crippen LogP contribution in [-0.2, 0) is 22.4 Å². The van der Waals surface area contributed by atoms with Gasteiger partial charge >= 0.3 is 140 Å². The Kier molecular flexibility index (Phi) is 3.90. The minimum atomic E-state index is -0.905. The first-order chi connectivity index (χ1) is 10.0. The summed E-state index contributed by atoms with van der Waals surface area (Å²) in [6.45, 7) is 11.7. The maximum atomic E-state index is 2.54. The van der Waals surface area contributed by atoms with E-state index in [-0.39, 0.29) is 0 Å². The molecule has 3 rings (SSSR count). The van der Waals surface area contributed by atoms with Crippen LogP contribution in [0, 0.1) is 0 Å². The summed E-state index contributed by atoms with van der Waals surface area (Å²) in [7, 11) is 0. The van der Waals surface area contributed by atoms with Crippen LogP contribution in [0.15, 0.2) is 52.6 Å². The summed E-state index contributed by atoms with van der Waals surface area (Å²) in [4.78, 5) is 0. The zero-order valence-electron chi connectivity index (χ0n) is 13.6. The van der Waals surface area contributed by atoms with Gasteiger partial charge in [-0.2, -0.15) is 0 Å². The Morgan fingerprint density at radius 1 is 1.00 bits per heavy atom. The molecule has 0 amide bonds. The molecule has 1 unspecified atom stereocenters. The van der Waals surface area contributed by atoms with Gasteiger partial charge in [0.1, 0.15) is 0 Å². The standard InChI is InChI=1S/C18H19.C2H4.Hf/c1-11-12(2)14(4)18(13(11)3)17-10-9-15-7-5-6-8-16(15)17;1-2;/h5-10,17H,1-4H3;1H,2H3;. The van der Waals surface area contributed by atoms with Gasteiger partial charge in [0.25, 0.3) is 0 Å². The SMILES string of the molecule is C[CH]=[Hf][C]1(C2C=Cc3ccccc32)C(C)=C(C)C(C)=C1C. The van der Waals surface area contributed by atoms with E-state index < -0.39 is 22.4 Å². The second-order valence-electron chi connectivity index (χ2n) is 6.21. The van der Waals surface area contributed by atoms with Crippen molar-refractivity contribution >= 4 is 9.83 Å². The fourth-order valence-corrected chi connectivity index (χ4v) is 10.2. The molecule has 2 aliphatic rings. The molecule has 2 aliphatic carbocycles. The monoisotopic (exact) mass is 443 g/mol. The van der Waals surface area contributed by atoms with E-state index >= 15 is 0 Å². The van der Waals surface area contributed by atoms with Gasteiger partial charge in [0.2, 0.25) is 0 Å². The van der Waals surface area contributed by atoms with Gasteiger partial charge in [0.15, 0.2) is 0 Å². The molecule has 0 bridgehead atoms. The van der Waals surface area contributed by atoms with Crippen molar-refractivity contribution in [2.45, 2.75) is 43.7 Å². The third-order valence-electron chi connectivity index (χ3n) is 5.51. The topological polar surface area (TPSA) is 0 Å². The van der Waals surface area contributed by atoms with Crippen molar-refractivity contribution in [2.24, 2.45) is 0 Å². The van der Waals surface area contributed by atoms with Gasteiger partial charge in [-0.05, 0) is 0 Å². The van der Waals surface area contributed by atoms with Crippen LogP contribution < -0.4 is 0 Å². The van der Waals surface area contributed by atoms with E-state index in [0.717, 1.165) is 0 Å². The molecule has 21 heavy (non-hydrogen) atoms. The first kappa shape index (κ1) is 15.1. The first-order valence-electron chi connectivity index (χ1n) is 7.73. The third-order valence-corrected chi connectivity index (χ3v) is 12.0. The van der Waals surface area contributed by atoms with Crippen molar-refractivity contribution in [2.75, 3.05) is 0 Å². The van der Waals surface area contributed by atoms with Crippen molar-refractivity contribution in [1.29, 1.82) is 0 Å². The Hall–Kier alpha value is -0.820. The average Bonchev–Trinajstić information content (AvgIpc) is 2.99. The summed E-state index contributed by atoms with van der Waals surface area (Å²) in [5.74, 6) is 0.556. The fraction of sp³-hybridized carbons (Fsp3) is 0.350. The van der Waals surface area contributed by atoms with Crippen LogP contribution in [0.5, 0.6) is 0 Å². The molecule has 1 atom stereocenters. The molecule has 0 nitrogen and oxygen atoms in total. The first-order valence-corrected chi connectivity index (χ1v) is 11.6. The number of fused-ring (bicyclic) bond motifs is 1. The molecule has 1 aromatic rings. The zero-order chi connectivity index (χ0) is 15.2. The molecule has 0 spiro atoms. The molecular weight excluding hydrogens is 419 g/mol. The summed E-state index contributed by atoms with van der Waals surface area (Å²) >= 11 is -0.905. The third kappa shape index (κ3) is 2.00. The van der Waals surface area contributed by atoms with Crippen LogP contribution >= 0.6 is 0 Å². The van der Waals surface area contributed by atoms with E-state index in [9.17, 15) is 0 Å². The molecule has 0 saturated heterocycles. The van der Waals surface area contributed by atoms with Gasteiger partial charge in [0.05, 0.1) is 0 Å². The van der Waals surface area contributed by atoms with E-state index in [1.807, 2.05) is 0 Å². The second kappa shape index (κ2) is 5.43. The molecule has 0 fully saturated rings. The summed E-state index contributed by atoms with van der Waals surface area (Å²) in [5, 5.41) is 0. The van der Waals surface area contributed by atoms with Crippen molar-refractivity contribution in [3.05, 3.63) is 63.8 Å². The van der Waals surface area contributed by atoms with E-state index in [2.05, 4.69) is 74.8 Å². The molecule has 0 aliphatic heterocycles. The Morgan fingerprint density at radius 2 is 1.62 bits per heavy atom. The van der Waals surface area contributed by atoms with Crippen LogP contribution in [0.25, 0.3) is 6.08 Å². The predicted octanol–water partition coefficient (Wildman–Crippen LogP) is 5.55. The number of benzene rings is 1. The van der Waals surface area contributed by atoms with Crippen molar-refractivity contribution in [3.63, 3.8) is 0 Å². The summed E-state index contributed by atoms with van der Waals surface area (Å²) < 4.78 is 2.87. The molecule has 0 saturated carbocycles. The van der Waals surface area contributed by atoms with Gasteiger partial charge in [-0.15, -0.1) is 0 Å². The average molecular weight is 442 g/mol. The normalized spacial score (nSPS) is 23.2. The van der Waals surface area contributed by atoms with Gasteiger partial charge < -0.3 is 0 Å². The minimum absolute atomic E-state index is 0.339. The van der Waals surface area contributed by atoms with Gasteiger partial charge in [-0.3, -0.25) is 0 Å². The van der Waals surface area contributed by atoms with Crippen LogP contribution in [0.1, 0.15) is 51.7 Å². The van der Waals surface area contributed by atoms with Crippen LogP contribution in [0.4, 0.5) is 0 Å². The molecular formula is C20H23Hf. The Labute approximate surface area is 139 Å². The summed E-state index contributed by atoms with van der Waals surface area (Å²) in [6, 6.07) is 8.95. The molecule has 0 aromatic heterocycles. The Balaban J connectivity index is 2.25. The quantitative estimate of drug-likeness (QED) is 0.528. The van der Waals surface area contributed by atoms with E-state index in [4.69, 9.17) is 0 Å². The van der Waals surface area contributed by atoms with Crippen molar-refractivity contribution < 1.29 is 22.4 Å². The van der Waals surface area contributed by atoms with Crippen molar-refractivity contribution in [3.8, 4) is 0 Å². The zero-order valence-corrected chi connectivity index (χ0v) is 17.2. The molecule has 1 heteroatoms. The summed E-state index contributed by atoms with van der Waals surface area (Å²) in [5.41, 5.74) is 9.33. The van der Waals surface area contributed by atoms with E-state index in [1.165, 1.54) is 11.1 Å². The molecule has 0 radical (unpaired) electrons. The van der Waals surface area contributed by atoms with Crippen molar-refractivity contribution in [1.82, 2.24) is 0 Å².